The van der Waals surface area contributed by atoms with Gasteiger partial charge < -0.3 is 10.6 Å². The van der Waals surface area contributed by atoms with E-state index in [1.165, 1.54) is 5.69 Å². The molecule has 0 radical (unpaired) electrons. The Bertz CT molecular complexity index is 400. The fourth-order valence-corrected chi connectivity index (χ4v) is 2.81. The number of piperazine rings is 1. The van der Waals surface area contributed by atoms with Crippen LogP contribution in [0.2, 0.25) is 0 Å². The average Bonchev–Trinajstić information content (AvgIpc) is 2.39. The normalized spacial score (nSPS) is 18.1. The van der Waals surface area contributed by atoms with Crippen LogP contribution >= 0.6 is 15.9 Å². The molecule has 2 rings (SSSR count). The molecule has 0 amide bonds. The minimum absolute atomic E-state index is 0.0988. The summed E-state index contributed by atoms with van der Waals surface area (Å²) in [7, 11) is 0. The third-order valence-electron chi connectivity index (χ3n) is 3.73. The fourth-order valence-electron chi connectivity index (χ4n) is 2.31. The van der Waals surface area contributed by atoms with Crippen molar-refractivity contribution in [3.63, 3.8) is 0 Å². The summed E-state index contributed by atoms with van der Waals surface area (Å²) >= 11 is 3.56. The van der Waals surface area contributed by atoms with E-state index in [2.05, 4.69) is 50.6 Å². The van der Waals surface area contributed by atoms with Crippen molar-refractivity contribution < 1.29 is 0 Å². The molecule has 0 aliphatic carbocycles. The SMILES string of the molecule is CC(C)(CN)N1CCN(c2ccncc2Br)CC1. The van der Waals surface area contributed by atoms with E-state index in [0.717, 1.165) is 30.7 Å². The predicted octanol–water partition coefficient (Wildman–Crippen LogP) is 1.70. The second-order valence-corrected chi connectivity index (χ2v) is 6.17. The standard InChI is InChI=1S/C13H21BrN4/c1-13(2,10-15)18-7-5-17(6-8-18)12-3-4-16-9-11(12)14/h3-4,9H,5-8,10,15H2,1-2H3. The van der Waals surface area contributed by atoms with Gasteiger partial charge in [-0.2, -0.15) is 0 Å². The highest BCUT2D eigenvalue weighted by molar-refractivity contribution is 9.10. The maximum absolute atomic E-state index is 5.84. The molecule has 1 aliphatic rings. The Balaban J connectivity index is 2.01. The monoisotopic (exact) mass is 312 g/mol. The molecule has 1 aliphatic heterocycles. The number of hydrogen-bond donors (Lipinski definition) is 1. The van der Waals surface area contributed by atoms with Gasteiger partial charge in [-0.25, -0.2) is 0 Å². The molecule has 18 heavy (non-hydrogen) atoms. The van der Waals surface area contributed by atoms with E-state index in [1.807, 2.05) is 12.4 Å². The molecule has 1 saturated heterocycles. The molecule has 1 aromatic rings. The zero-order valence-corrected chi connectivity index (χ0v) is 12.7. The molecule has 0 saturated carbocycles. The topological polar surface area (TPSA) is 45.4 Å². The Morgan fingerprint density at radius 3 is 2.56 bits per heavy atom. The van der Waals surface area contributed by atoms with Crippen LogP contribution < -0.4 is 10.6 Å². The van der Waals surface area contributed by atoms with Crippen molar-refractivity contribution in [3.05, 3.63) is 22.9 Å². The van der Waals surface area contributed by atoms with Gasteiger partial charge in [-0.1, -0.05) is 0 Å². The van der Waals surface area contributed by atoms with Crippen LogP contribution in [0.25, 0.3) is 0 Å². The van der Waals surface area contributed by atoms with Crippen LogP contribution in [-0.4, -0.2) is 48.1 Å². The molecule has 1 fully saturated rings. The molecule has 4 nitrogen and oxygen atoms in total. The van der Waals surface area contributed by atoms with E-state index in [4.69, 9.17) is 5.73 Å². The van der Waals surface area contributed by atoms with Crippen LogP contribution in [0.3, 0.4) is 0 Å². The van der Waals surface area contributed by atoms with Gasteiger partial charge in [0.25, 0.3) is 0 Å². The van der Waals surface area contributed by atoms with E-state index in [0.29, 0.717) is 6.54 Å². The predicted molar refractivity (Wildman–Crippen MR) is 78.9 cm³/mol. The summed E-state index contributed by atoms with van der Waals surface area (Å²) in [6.45, 7) is 9.30. The summed E-state index contributed by atoms with van der Waals surface area (Å²) in [5.74, 6) is 0. The van der Waals surface area contributed by atoms with E-state index < -0.39 is 0 Å². The van der Waals surface area contributed by atoms with Gasteiger partial charge >= 0.3 is 0 Å². The van der Waals surface area contributed by atoms with Gasteiger partial charge in [0, 0.05) is 50.7 Å². The zero-order valence-electron chi connectivity index (χ0n) is 11.1. The molecule has 0 spiro atoms. The van der Waals surface area contributed by atoms with E-state index in [9.17, 15) is 0 Å². The first kappa shape index (κ1) is 13.8. The first-order valence-corrected chi connectivity index (χ1v) is 7.13. The molecule has 2 N–H and O–H groups in total. The molecule has 5 heteroatoms. The highest BCUT2D eigenvalue weighted by atomic mass is 79.9. The molecular formula is C13H21BrN4. The lowest BCUT2D eigenvalue weighted by molar-refractivity contribution is 0.119. The summed E-state index contributed by atoms with van der Waals surface area (Å²) < 4.78 is 1.07. The Labute approximate surface area is 117 Å². The van der Waals surface area contributed by atoms with Crippen LogP contribution in [0.4, 0.5) is 5.69 Å². The van der Waals surface area contributed by atoms with Crippen LogP contribution in [0.5, 0.6) is 0 Å². The summed E-state index contributed by atoms with van der Waals surface area (Å²) in [6.07, 6.45) is 3.70. The van der Waals surface area contributed by atoms with Crippen LogP contribution in [0.15, 0.2) is 22.9 Å². The highest BCUT2D eigenvalue weighted by Gasteiger charge is 2.28. The van der Waals surface area contributed by atoms with Gasteiger partial charge in [0.05, 0.1) is 10.2 Å². The van der Waals surface area contributed by atoms with Crippen molar-refractivity contribution in [2.75, 3.05) is 37.6 Å². The fraction of sp³-hybridized carbons (Fsp3) is 0.615. The van der Waals surface area contributed by atoms with Crippen molar-refractivity contribution in [2.45, 2.75) is 19.4 Å². The summed E-state index contributed by atoms with van der Waals surface area (Å²) in [5, 5.41) is 0. The lowest BCUT2D eigenvalue weighted by Gasteiger charge is -2.44. The van der Waals surface area contributed by atoms with Crippen molar-refractivity contribution in [1.82, 2.24) is 9.88 Å². The molecule has 0 aromatic carbocycles. The average molecular weight is 313 g/mol. The van der Waals surface area contributed by atoms with Crippen LogP contribution in [0, 0.1) is 0 Å². The van der Waals surface area contributed by atoms with Crippen LogP contribution in [-0.2, 0) is 0 Å². The van der Waals surface area contributed by atoms with Crippen molar-refractivity contribution in [1.29, 1.82) is 0 Å². The number of hydrogen-bond acceptors (Lipinski definition) is 4. The summed E-state index contributed by atoms with van der Waals surface area (Å²) in [4.78, 5) is 8.98. The van der Waals surface area contributed by atoms with E-state index in [-0.39, 0.29) is 5.54 Å². The van der Waals surface area contributed by atoms with Gasteiger partial charge in [0.1, 0.15) is 0 Å². The third-order valence-corrected chi connectivity index (χ3v) is 4.34. The largest absolute Gasteiger partial charge is 0.368 e. The summed E-state index contributed by atoms with van der Waals surface area (Å²) in [5.41, 5.74) is 7.17. The maximum Gasteiger partial charge on any atom is 0.0592 e. The third kappa shape index (κ3) is 2.84. The zero-order chi connectivity index (χ0) is 13.2. The molecule has 1 aromatic heterocycles. The molecule has 0 atom stereocenters. The minimum Gasteiger partial charge on any atom is -0.368 e. The Morgan fingerprint density at radius 2 is 2.00 bits per heavy atom. The lowest BCUT2D eigenvalue weighted by atomic mass is 10.0. The van der Waals surface area contributed by atoms with Gasteiger partial charge in [-0.3, -0.25) is 9.88 Å². The number of anilines is 1. The second-order valence-electron chi connectivity index (χ2n) is 5.32. The molecule has 0 bridgehead atoms. The second kappa shape index (κ2) is 5.55. The van der Waals surface area contributed by atoms with Gasteiger partial charge in [-0.05, 0) is 35.8 Å². The number of nitrogens with two attached hydrogens (primary N) is 1. The number of pyridine rings is 1. The maximum atomic E-state index is 5.84. The van der Waals surface area contributed by atoms with Crippen molar-refractivity contribution >= 4 is 21.6 Å². The molecule has 100 valence electrons. The first-order chi connectivity index (χ1) is 8.54. The number of nitrogens with zero attached hydrogens (tertiary/aromatic N) is 3. The van der Waals surface area contributed by atoms with Gasteiger partial charge in [0.2, 0.25) is 0 Å². The number of halogens is 1. The Hall–Kier alpha value is -0.650. The summed E-state index contributed by atoms with van der Waals surface area (Å²) in [6, 6.07) is 2.06. The smallest absolute Gasteiger partial charge is 0.0592 e. The Kier molecular flexibility index (Phi) is 4.25. The van der Waals surface area contributed by atoms with Crippen molar-refractivity contribution in [2.24, 2.45) is 5.73 Å². The number of aromatic nitrogens is 1. The first-order valence-electron chi connectivity index (χ1n) is 6.34. The molecule has 0 unspecified atom stereocenters. The Morgan fingerprint density at radius 1 is 1.33 bits per heavy atom. The lowest BCUT2D eigenvalue weighted by Crippen LogP contribution is -2.57. The van der Waals surface area contributed by atoms with Crippen molar-refractivity contribution in [3.8, 4) is 0 Å². The van der Waals surface area contributed by atoms with Gasteiger partial charge in [-0.15, -0.1) is 0 Å². The molecule has 2 heterocycles. The molecular weight excluding hydrogens is 292 g/mol. The van der Waals surface area contributed by atoms with Gasteiger partial charge in [0.15, 0.2) is 0 Å². The van der Waals surface area contributed by atoms with E-state index in [1.54, 1.807) is 0 Å². The van der Waals surface area contributed by atoms with Crippen LogP contribution in [0.1, 0.15) is 13.8 Å². The highest BCUT2D eigenvalue weighted by Crippen LogP contribution is 2.26. The quantitative estimate of drug-likeness (QED) is 0.923. The number of rotatable bonds is 3. The van der Waals surface area contributed by atoms with E-state index >= 15 is 0 Å². The minimum atomic E-state index is 0.0988.